The van der Waals surface area contributed by atoms with E-state index in [9.17, 15) is 13.2 Å². The summed E-state index contributed by atoms with van der Waals surface area (Å²) in [6, 6.07) is 13.5. The summed E-state index contributed by atoms with van der Waals surface area (Å²) in [4.78, 5) is 17.3. The van der Waals surface area contributed by atoms with Gasteiger partial charge in [-0.2, -0.15) is 4.31 Å². The number of piperazine rings is 1. The van der Waals surface area contributed by atoms with Crippen LogP contribution in [0.25, 0.3) is 0 Å². The van der Waals surface area contributed by atoms with Crippen molar-refractivity contribution in [1.82, 2.24) is 9.21 Å². The molecule has 0 saturated carbocycles. The van der Waals surface area contributed by atoms with Crippen molar-refractivity contribution < 1.29 is 13.2 Å². The number of hydrogen-bond donors (Lipinski definition) is 0. The van der Waals surface area contributed by atoms with Crippen LogP contribution in [-0.4, -0.2) is 62.8 Å². The van der Waals surface area contributed by atoms with Crippen LogP contribution >= 0.6 is 0 Å². The molecular weight excluding hydrogens is 398 g/mol. The fourth-order valence-corrected chi connectivity index (χ4v) is 6.05. The monoisotopic (exact) mass is 427 g/mol. The molecule has 1 fully saturated rings. The van der Waals surface area contributed by atoms with Gasteiger partial charge >= 0.3 is 0 Å². The Balaban J connectivity index is 1.39. The van der Waals surface area contributed by atoms with Crippen LogP contribution < -0.4 is 4.90 Å². The number of nitrogens with zero attached hydrogens (tertiary/aromatic N) is 3. The Labute approximate surface area is 179 Å². The maximum atomic E-state index is 13.1. The largest absolute Gasteiger partial charge is 0.311 e. The second-order valence-electron chi connectivity index (χ2n) is 8.23. The highest BCUT2D eigenvalue weighted by Gasteiger charge is 2.31. The fraction of sp³-hybridized carbons (Fsp3) is 0.435. The number of sulfonamides is 1. The lowest BCUT2D eigenvalue weighted by atomic mass is 10.0. The van der Waals surface area contributed by atoms with E-state index in [2.05, 4.69) is 11.0 Å². The molecule has 160 valence electrons. The van der Waals surface area contributed by atoms with E-state index in [1.54, 1.807) is 10.4 Å². The highest BCUT2D eigenvalue weighted by Crippen LogP contribution is 2.27. The molecule has 0 unspecified atom stereocenters. The third kappa shape index (κ3) is 4.15. The zero-order valence-corrected chi connectivity index (χ0v) is 18.5. The first kappa shape index (κ1) is 21.0. The van der Waals surface area contributed by atoms with Crippen molar-refractivity contribution in [2.24, 2.45) is 0 Å². The molecule has 0 atom stereocenters. The van der Waals surface area contributed by atoms with Gasteiger partial charge < -0.3 is 4.90 Å². The molecule has 2 aliphatic heterocycles. The van der Waals surface area contributed by atoms with Crippen LogP contribution in [-0.2, 0) is 21.2 Å². The molecular formula is C23H29N3O3S. The van der Waals surface area contributed by atoms with Gasteiger partial charge in [-0.1, -0.05) is 35.9 Å². The Hall–Kier alpha value is -2.22. The molecule has 30 heavy (non-hydrogen) atoms. The molecule has 0 aliphatic carbocycles. The number of benzene rings is 2. The number of rotatable bonds is 4. The summed E-state index contributed by atoms with van der Waals surface area (Å²) < 4.78 is 27.7. The number of amides is 1. The summed E-state index contributed by atoms with van der Waals surface area (Å²) in [7, 11) is -3.51. The number of hydrogen-bond acceptors (Lipinski definition) is 4. The third-order valence-electron chi connectivity index (χ3n) is 6.05. The van der Waals surface area contributed by atoms with Crippen LogP contribution in [0.4, 0.5) is 5.69 Å². The maximum absolute atomic E-state index is 13.1. The Morgan fingerprint density at radius 2 is 1.70 bits per heavy atom. The normalized spacial score (nSPS) is 18.3. The highest BCUT2D eigenvalue weighted by atomic mass is 32.2. The summed E-state index contributed by atoms with van der Waals surface area (Å²) >= 11 is 0. The smallest absolute Gasteiger partial charge is 0.243 e. The number of carbonyl (C=O) groups is 1. The third-order valence-corrected chi connectivity index (χ3v) is 8.11. The van der Waals surface area contributed by atoms with Gasteiger partial charge in [-0.05, 0) is 49.9 Å². The predicted octanol–water partition coefficient (Wildman–Crippen LogP) is 2.59. The van der Waals surface area contributed by atoms with E-state index in [0.29, 0.717) is 37.6 Å². The van der Waals surface area contributed by atoms with E-state index < -0.39 is 10.0 Å². The fourth-order valence-electron chi connectivity index (χ4n) is 4.43. The van der Waals surface area contributed by atoms with Crippen molar-refractivity contribution in [2.45, 2.75) is 31.6 Å². The van der Waals surface area contributed by atoms with Gasteiger partial charge in [-0.15, -0.1) is 0 Å². The molecule has 1 saturated heterocycles. The van der Waals surface area contributed by atoms with Crippen LogP contribution in [0, 0.1) is 13.8 Å². The number of aryl methyl sites for hydroxylation is 3. The van der Waals surface area contributed by atoms with Crippen molar-refractivity contribution in [1.29, 1.82) is 0 Å². The first-order chi connectivity index (χ1) is 14.4. The molecule has 2 aliphatic rings. The maximum Gasteiger partial charge on any atom is 0.243 e. The molecule has 0 radical (unpaired) electrons. The second kappa shape index (κ2) is 8.49. The standard InChI is InChI=1S/C23H29N3O3S/c1-18-9-10-22(19(2)16-18)30(28,29)25-14-12-24(13-15-25)17-23(27)26-11-5-7-20-6-3-4-8-21(20)26/h3-4,6,8-10,16H,5,7,11-15,17H2,1-2H3. The molecule has 0 aromatic heterocycles. The Morgan fingerprint density at radius 1 is 0.967 bits per heavy atom. The summed E-state index contributed by atoms with van der Waals surface area (Å²) in [6.07, 6.45) is 1.99. The Morgan fingerprint density at radius 3 is 2.43 bits per heavy atom. The van der Waals surface area contributed by atoms with Gasteiger partial charge in [0, 0.05) is 38.4 Å². The van der Waals surface area contributed by atoms with Crippen molar-refractivity contribution in [3.8, 4) is 0 Å². The molecule has 0 N–H and O–H groups in total. The minimum absolute atomic E-state index is 0.0906. The lowest BCUT2D eigenvalue weighted by Gasteiger charge is -2.36. The summed E-state index contributed by atoms with van der Waals surface area (Å²) in [5.41, 5.74) is 4.07. The molecule has 0 bridgehead atoms. The second-order valence-corrected chi connectivity index (χ2v) is 10.1. The van der Waals surface area contributed by atoms with E-state index >= 15 is 0 Å². The zero-order valence-electron chi connectivity index (χ0n) is 17.7. The Kier molecular flexibility index (Phi) is 5.95. The minimum atomic E-state index is -3.51. The minimum Gasteiger partial charge on any atom is -0.311 e. The van der Waals surface area contributed by atoms with E-state index in [1.165, 1.54) is 5.56 Å². The van der Waals surface area contributed by atoms with Crippen LogP contribution in [0.2, 0.25) is 0 Å². The van der Waals surface area contributed by atoms with E-state index in [0.717, 1.165) is 36.2 Å². The van der Waals surface area contributed by atoms with Crippen molar-refractivity contribution in [2.75, 3.05) is 44.2 Å². The zero-order chi connectivity index (χ0) is 21.3. The first-order valence-electron chi connectivity index (χ1n) is 10.5. The number of fused-ring (bicyclic) bond motifs is 1. The highest BCUT2D eigenvalue weighted by molar-refractivity contribution is 7.89. The average molecular weight is 428 g/mol. The predicted molar refractivity (Wildman–Crippen MR) is 118 cm³/mol. The van der Waals surface area contributed by atoms with Crippen LogP contribution in [0.3, 0.4) is 0 Å². The summed E-state index contributed by atoms with van der Waals surface area (Å²) in [6.45, 7) is 6.80. The van der Waals surface area contributed by atoms with E-state index in [1.807, 2.05) is 49.1 Å². The molecule has 0 spiro atoms. The molecule has 6 nitrogen and oxygen atoms in total. The van der Waals surface area contributed by atoms with Gasteiger partial charge in [0.05, 0.1) is 11.4 Å². The van der Waals surface area contributed by atoms with Crippen LogP contribution in [0.15, 0.2) is 47.4 Å². The molecule has 4 rings (SSSR count). The summed E-state index contributed by atoms with van der Waals surface area (Å²) in [5.74, 6) is 0.0906. The van der Waals surface area contributed by atoms with E-state index in [-0.39, 0.29) is 5.91 Å². The molecule has 2 heterocycles. The SMILES string of the molecule is Cc1ccc(S(=O)(=O)N2CCN(CC(=O)N3CCCc4ccccc43)CC2)c(C)c1. The van der Waals surface area contributed by atoms with Crippen molar-refractivity contribution in [3.63, 3.8) is 0 Å². The lowest BCUT2D eigenvalue weighted by Crippen LogP contribution is -2.52. The molecule has 7 heteroatoms. The first-order valence-corrected chi connectivity index (χ1v) is 12.0. The van der Waals surface area contributed by atoms with Gasteiger partial charge in [-0.3, -0.25) is 9.69 Å². The van der Waals surface area contributed by atoms with Gasteiger partial charge in [-0.25, -0.2) is 8.42 Å². The molecule has 2 aromatic rings. The number of para-hydroxylation sites is 1. The number of carbonyl (C=O) groups excluding carboxylic acids is 1. The summed E-state index contributed by atoms with van der Waals surface area (Å²) in [5, 5.41) is 0. The Bertz CT molecular complexity index is 1040. The van der Waals surface area contributed by atoms with Gasteiger partial charge in [0.1, 0.15) is 0 Å². The number of anilines is 1. The van der Waals surface area contributed by atoms with Crippen molar-refractivity contribution >= 4 is 21.6 Å². The van der Waals surface area contributed by atoms with E-state index in [4.69, 9.17) is 0 Å². The molecule has 1 amide bonds. The van der Waals surface area contributed by atoms with Crippen LogP contribution in [0.5, 0.6) is 0 Å². The molecule has 2 aromatic carbocycles. The topological polar surface area (TPSA) is 60.9 Å². The quantitative estimate of drug-likeness (QED) is 0.753. The van der Waals surface area contributed by atoms with Gasteiger partial charge in [0.15, 0.2) is 0 Å². The van der Waals surface area contributed by atoms with Crippen molar-refractivity contribution in [3.05, 3.63) is 59.2 Å². The van der Waals surface area contributed by atoms with Crippen LogP contribution in [0.1, 0.15) is 23.1 Å². The van der Waals surface area contributed by atoms with Gasteiger partial charge in [0.2, 0.25) is 15.9 Å². The lowest BCUT2D eigenvalue weighted by molar-refractivity contribution is -0.120. The average Bonchev–Trinajstić information content (AvgIpc) is 2.73. The van der Waals surface area contributed by atoms with Gasteiger partial charge in [0.25, 0.3) is 0 Å².